The van der Waals surface area contributed by atoms with Crippen molar-refractivity contribution in [3.63, 3.8) is 0 Å². The van der Waals surface area contributed by atoms with Crippen molar-refractivity contribution in [1.29, 1.82) is 0 Å². The zero-order chi connectivity index (χ0) is 17.9. The SMILES string of the molecule is O=C(O)c1coc(C(=O)NCC2(c3ccc(Cl)cc3)CCOCC2)c1. The molecule has 1 amide bonds. The number of carboxylic acids is 1. The van der Waals surface area contributed by atoms with Crippen molar-refractivity contribution in [3.05, 3.63) is 58.5 Å². The molecule has 0 atom stereocenters. The molecule has 1 fully saturated rings. The average Bonchev–Trinajstić information content (AvgIpc) is 3.12. The van der Waals surface area contributed by atoms with Crippen LogP contribution in [-0.2, 0) is 10.2 Å². The Hall–Kier alpha value is -2.31. The highest BCUT2D eigenvalue weighted by Crippen LogP contribution is 2.35. The van der Waals surface area contributed by atoms with Gasteiger partial charge in [-0.15, -0.1) is 0 Å². The minimum absolute atomic E-state index is 0.0179. The third-order valence-corrected chi connectivity index (χ3v) is 4.82. The number of rotatable bonds is 5. The summed E-state index contributed by atoms with van der Waals surface area (Å²) in [7, 11) is 0. The lowest BCUT2D eigenvalue weighted by Gasteiger charge is -2.37. The minimum Gasteiger partial charge on any atom is -0.478 e. The first kappa shape index (κ1) is 17.5. The van der Waals surface area contributed by atoms with E-state index in [0.717, 1.165) is 24.7 Å². The normalized spacial score (nSPS) is 16.4. The van der Waals surface area contributed by atoms with Gasteiger partial charge in [-0.1, -0.05) is 23.7 Å². The van der Waals surface area contributed by atoms with E-state index in [9.17, 15) is 9.59 Å². The summed E-state index contributed by atoms with van der Waals surface area (Å²) in [5.74, 6) is -1.59. The Morgan fingerprint density at radius 2 is 1.88 bits per heavy atom. The van der Waals surface area contributed by atoms with Crippen LogP contribution in [0.2, 0.25) is 5.02 Å². The standard InChI is InChI=1S/C18H18ClNO5/c19-14-3-1-13(2-4-14)18(5-7-24-8-6-18)11-20-16(21)15-9-12(10-25-15)17(22)23/h1-4,9-10H,5-8,11H2,(H,20,21)(H,22,23). The summed E-state index contributed by atoms with van der Waals surface area (Å²) in [5, 5.41) is 12.4. The van der Waals surface area contributed by atoms with Crippen molar-refractivity contribution in [2.45, 2.75) is 18.3 Å². The van der Waals surface area contributed by atoms with Gasteiger partial charge in [0.1, 0.15) is 6.26 Å². The molecule has 2 N–H and O–H groups in total. The molecule has 1 aliphatic rings. The van der Waals surface area contributed by atoms with Crippen LogP contribution >= 0.6 is 11.6 Å². The van der Waals surface area contributed by atoms with E-state index in [1.807, 2.05) is 24.3 Å². The topological polar surface area (TPSA) is 88.8 Å². The van der Waals surface area contributed by atoms with Crippen LogP contribution in [0, 0.1) is 0 Å². The molecule has 7 heteroatoms. The molecule has 0 radical (unpaired) electrons. The molecule has 1 aromatic carbocycles. The van der Waals surface area contributed by atoms with Crippen LogP contribution in [0.3, 0.4) is 0 Å². The number of carbonyl (C=O) groups is 2. The van der Waals surface area contributed by atoms with Crippen molar-refractivity contribution in [2.75, 3.05) is 19.8 Å². The van der Waals surface area contributed by atoms with Gasteiger partial charge in [0, 0.05) is 36.3 Å². The summed E-state index contributed by atoms with van der Waals surface area (Å²) in [6, 6.07) is 8.82. The number of carbonyl (C=O) groups excluding carboxylic acids is 1. The van der Waals surface area contributed by atoms with Crippen LogP contribution in [0.15, 0.2) is 41.0 Å². The molecule has 0 spiro atoms. The summed E-state index contributed by atoms with van der Waals surface area (Å²) in [6.45, 7) is 1.63. The number of amides is 1. The van der Waals surface area contributed by atoms with E-state index in [-0.39, 0.29) is 16.7 Å². The number of carboxylic acid groups (broad SMARTS) is 1. The van der Waals surface area contributed by atoms with Crippen molar-refractivity contribution < 1.29 is 23.8 Å². The lowest BCUT2D eigenvalue weighted by molar-refractivity contribution is 0.0484. The Bertz CT molecular complexity index is 762. The van der Waals surface area contributed by atoms with E-state index in [0.29, 0.717) is 24.8 Å². The molecule has 6 nitrogen and oxygen atoms in total. The highest BCUT2D eigenvalue weighted by molar-refractivity contribution is 6.30. The summed E-state index contributed by atoms with van der Waals surface area (Å²) in [5.41, 5.74) is 0.788. The van der Waals surface area contributed by atoms with E-state index >= 15 is 0 Å². The molecule has 0 saturated carbocycles. The highest BCUT2D eigenvalue weighted by atomic mass is 35.5. The summed E-state index contributed by atoms with van der Waals surface area (Å²) >= 11 is 5.98. The lowest BCUT2D eigenvalue weighted by Crippen LogP contribution is -2.44. The number of halogens is 1. The number of nitrogens with one attached hydrogen (secondary N) is 1. The predicted molar refractivity (Wildman–Crippen MR) is 91.2 cm³/mol. The lowest BCUT2D eigenvalue weighted by atomic mass is 9.74. The third kappa shape index (κ3) is 3.86. The van der Waals surface area contributed by atoms with Gasteiger partial charge in [0.15, 0.2) is 5.76 Å². The van der Waals surface area contributed by atoms with Crippen LogP contribution in [-0.4, -0.2) is 36.7 Å². The Kier molecular flexibility index (Phi) is 5.11. The first-order valence-electron chi connectivity index (χ1n) is 7.94. The van der Waals surface area contributed by atoms with E-state index in [1.54, 1.807) is 0 Å². The highest BCUT2D eigenvalue weighted by Gasteiger charge is 2.35. The first-order valence-corrected chi connectivity index (χ1v) is 8.32. The molecule has 1 aliphatic heterocycles. The zero-order valence-corrected chi connectivity index (χ0v) is 14.2. The van der Waals surface area contributed by atoms with Gasteiger partial charge in [0.25, 0.3) is 5.91 Å². The maximum absolute atomic E-state index is 12.3. The Morgan fingerprint density at radius 1 is 1.20 bits per heavy atom. The number of furan rings is 1. The zero-order valence-electron chi connectivity index (χ0n) is 13.5. The summed E-state index contributed by atoms with van der Waals surface area (Å²) < 4.78 is 10.5. The van der Waals surface area contributed by atoms with Gasteiger partial charge in [-0.25, -0.2) is 4.79 Å². The molecule has 2 heterocycles. The second-order valence-corrected chi connectivity index (χ2v) is 6.52. The van der Waals surface area contributed by atoms with Crippen LogP contribution in [0.1, 0.15) is 39.3 Å². The minimum atomic E-state index is -1.13. The van der Waals surface area contributed by atoms with Crippen molar-refractivity contribution in [1.82, 2.24) is 5.32 Å². The summed E-state index contributed by atoms with van der Waals surface area (Å²) in [4.78, 5) is 23.2. The van der Waals surface area contributed by atoms with Gasteiger partial charge in [-0.3, -0.25) is 4.79 Å². The molecular formula is C18H18ClNO5. The Morgan fingerprint density at radius 3 is 2.48 bits per heavy atom. The maximum atomic E-state index is 12.3. The molecule has 1 aromatic heterocycles. The van der Waals surface area contributed by atoms with Crippen LogP contribution in [0.25, 0.3) is 0 Å². The molecule has 1 saturated heterocycles. The number of ether oxygens (including phenoxy) is 1. The predicted octanol–water partition coefficient (Wildman–Crippen LogP) is 3.11. The second-order valence-electron chi connectivity index (χ2n) is 6.09. The monoisotopic (exact) mass is 363 g/mol. The first-order chi connectivity index (χ1) is 12.0. The quantitative estimate of drug-likeness (QED) is 0.852. The van der Waals surface area contributed by atoms with Crippen LogP contribution < -0.4 is 5.32 Å². The molecule has 0 bridgehead atoms. The fourth-order valence-electron chi connectivity index (χ4n) is 3.04. The average molecular weight is 364 g/mol. The molecule has 25 heavy (non-hydrogen) atoms. The fraction of sp³-hybridized carbons (Fsp3) is 0.333. The molecule has 3 rings (SSSR count). The smallest absolute Gasteiger partial charge is 0.338 e. The van der Waals surface area contributed by atoms with E-state index < -0.39 is 11.9 Å². The van der Waals surface area contributed by atoms with E-state index in [1.165, 1.54) is 6.07 Å². The van der Waals surface area contributed by atoms with E-state index in [4.69, 9.17) is 25.9 Å². The van der Waals surface area contributed by atoms with Crippen molar-refractivity contribution in [2.24, 2.45) is 0 Å². The van der Waals surface area contributed by atoms with Crippen LogP contribution in [0.5, 0.6) is 0 Å². The fourth-order valence-corrected chi connectivity index (χ4v) is 3.16. The van der Waals surface area contributed by atoms with Gasteiger partial charge in [0.2, 0.25) is 0 Å². The number of hydrogen-bond acceptors (Lipinski definition) is 4. The number of benzene rings is 1. The number of aromatic carboxylic acids is 1. The van der Waals surface area contributed by atoms with Gasteiger partial charge >= 0.3 is 5.97 Å². The maximum Gasteiger partial charge on any atom is 0.338 e. The largest absolute Gasteiger partial charge is 0.478 e. The van der Waals surface area contributed by atoms with Gasteiger partial charge < -0.3 is 19.6 Å². The molecule has 0 aliphatic carbocycles. The van der Waals surface area contributed by atoms with Gasteiger partial charge in [-0.05, 0) is 30.5 Å². The van der Waals surface area contributed by atoms with E-state index in [2.05, 4.69) is 5.32 Å². The molecular weight excluding hydrogens is 346 g/mol. The molecule has 0 unspecified atom stereocenters. The van der Waals surface area contributed by atoms with Gasteiger partial charge in [-0.2, -0.15) is 0 Å². The third-order valence-electron chi connectivity index (χ3n) is 4.56. The Labute approximate surface area is 149 Å². The van der Waals surface area contributed by atoms with Crippen LogP contribution in [0.4, 0.5) is 0 Å². The molecule has 2 aromatic rings. The Balaban J connectivity index is 1.75. The van der Waals surface area contributed by atoms with Crippen molar-refractivity contribution >= 4 is 23.5 Å². The second kappa shape index (κ2) is 7.29. The summed E-state index contributed by atoms with van der Waals surface area (Å²) in [6.07, 6.45) is 2.60. The number of hydrogen-bond donors (Lipinski definition) is 2. The van der Waals surface area contributed by atoms with Gasteiger partial charge in [0.05, 0.1) is 5.56 Å². The molecule has 132 valence electrons. The van der Waals surface area contributed by atoms with Crippen molar-refractivity contribution in [3.8, 4) is 0 Å².